The van der Waals surface area contributed by atoms with E-state index >= 15 is 0 Å². The maximum absolute atomic E-state index is 13.3. The highest BCUT2D eigenvalue weighted by Gasteiger charge is 2.32. The normalized spacial score (nSPS) is 11.4. The fourth-order valence-corrected chi connectivity index (χ4v) is 4.70. The number of hydrogen-bond acceptors (Lipinski definition) is 8. The molecular weight excluding hydrogens is 580 g/mol. The minimum atomic E-state index is -1.03. The number of nitrogens with zero attached hydrogens (tertiary/aromatic N) is 3. The number of fused-ring (bicyclic) bond motifs is 1. The number of amides is 1. The molecule has 1 aromatic heterocycles. The van der Waals surface area contributed by atoms with Gasteiger partial charge in [-0.05, 0) is 72.1 Å². The molecule has 0 spiro atoms. The molecule has 0 saturated carbocycles. The minimum absolute atomic E-state index is 0.00646. The summed E-state index contributed by atoms with van der Waals surface area (Å²) in [6, 6.07) is 10.6. The van der Waals surface area contributed by atoms with E-state index < -0.39 is 40.9 Å². The van der Waals surface area contributed by atoms with Crippen LogP contribution in [0.25, 0.3) is 27.6 Å². The zero-order valence-corrected chi connectivity index (χ0v) is 27.0. The number of rotatable bonds is 10. The van der Waals surface area contributed by atoms with E-state index in [1.54, 1.807) is 78.9 Å². The van der Waals surface area contributed by atoms with Gasteiger partial charge in [-0.2, -0.15) is 4.79 Å². The summed E-state index contributed by atoms with van der Waals surface area (Å²) < 4.78 is 23.1. The number of benzene rings is 2. The Kier molecular flexibility index (Phi) is 10.9. The fraction of sp³-hybridized carbons (Fsp3) is 0.424. The molecule has 12 nitrogen and oxygen atoms in total. The van der Waals surface area contributed by atoms with Gasteiger partial charge >= 0.3 is 23.9 Å². The van der Waals surface area contributed by atoms with E-state index in [2.05, 4.69) is 10.1 Å². The predicted octanol–water partition coefficient (Wildman–Crippen LogP) is 5.51. The van der Waals surface area contributed by atoms with Gasteiger partial charge in [0, 0.05) is 35.7 Å². The standard InChI is InChI=1S/C33H40N4O8/c1-9-43-29(39)27(36-34)25(38)18-20-12-10-14-23(28(20)42-8)22-13-11-15-24-26(22)21(16-17-35-30(40)44-32(2,3)4)19-37(24)31(41)45-33(5,6)7/h10-15,19H,9,16-18H2,1-8H3,(H,35,40). The van der Waals surface area contributed by atoms with E-state index in [1.165, 1.54) is 11.7 Å². The second-order valence-electron chi connectivity index (χ2n) is 12.2. The Balaban J connectivity index is 2.12. The number of ketones is 1. The zero-order chi connectivity index (χ0) is 33.5. The van der Waals surface area contributed by atoms with Gasteiger partial charge in [0.15, 0.2) is 0 Å². The highest BCUT2D eigenvalue weighted by atomic mass is 16.6. The third kappa shape index (κ3) is 8.79. The molecule has 0 radical (unpaired) electrons. The third-order valence-corrected chi connectivity index (χ3v) is 6.34. The summed E-state index contributed by atoms with van der Waals surface area (Å²) in [5.41, 5.74) is 10.2. The lowest BCUT2D eigenvalue weighted by molar-refractivity contribution is -0.141. The Morgan fingerprint density at radius 2 is 1.56 bits per heavy atom. The highest BCUT2D eigenvalue weighted by molar-refractivity contribution is 6.62. The fourth-order valence-electron chi connectivity index (χ4n) is 4.70. The van der Waals surface area contributed by atoms with Gasteiger partial charge in [-0.15, -0.1) is 0 Å². The van der Waals surface area contributed by atoms with Crippen molar-refractivity contribution < 1.29 is 42.9 Å². The molecule has 3 rings (SSSR count). The lowest BCUT2D eigenvalue weighted by atomic mass is 9.94. The van der Waals surface area contributed by atoms with Crippen LogP contribution in [0.2, 0.25) is 0 Å². The Morgan fingerprint density at radius 1 is 0.911 bits per heavy atom. The molecule has 0 unspecified atom stereocenters. The van der Waals surface area contributed by atoms with Crippen molar-refractivity contribution in [2.24, 2.45) is 0 Å². The van der Waals surface area contributed by atoms with Crippen LogP contribution in [0.15, 0.2) is 42.6 Å². The number of aromatic nitrogens is 1. The second kappa shape index (κ2) is 14.2. The number of nitrogens with one attached hydrogen (secondary N) is 1. The number of alkyl carbamates (subject to hydrolysis) is 1. The van der Waals surface area contributed by atoms with Gasteiger partial charge in [0.1, 0.15) is 17.0 Å². The first-order valence-electron chi connectivity index (χ1n) is 14.5. The minimum Gasteiger partial charge on any atom is -0.496 e. The summed E-state index contributed by atoms with van der Waals surface area (Å²) >= 11 is 0. The Labute approximate surface area is 262 Å². The van der Waals surface area contributed by atoms with Gasteiger partial charge in [-0.1, -0.05) is 30.3 Å². The maximum atomic E-state index is 13.3. The summed E-state index contributed by atoms with van der Waals surface area (Å²) in [5.74, 6) is -1.44. The van der Waals surface area contributed by atoms with E-state index in [0.29, 0.717) is 39.8 Å². The van der Waals surface area contributed by atoms with Crippen molar-refractivity contribution in [3.63, 3.8) is 0 Å². The van der Waals surface area contributed by atoms with Crippen LogP contribution < -0.4 is 10.1 Å². The number of hydrogen-bond donors (Lipinski definition) is 1. The molecule has 0 aliphatic heterocycles. The van der Waals surface area contributed by atoms with Crippen LogP contribution in [0.1, 0.15) is 59.6 Å². The zero-order valence-electron chi connectivity index (χ0n) is 27.0. The molecule has 12 heteroatoms. The molecule has 0 saturated heterocycles. The summed E-state index contributed by atoms with van der Waals surface area (Å²) in [4.78, 5) is 53.5. The summed E-state index contributed by atoms with van der Waals surface area (Å²) in [5, 5.41) is 3.47. The van der Waals surface area contributed by atoms with Crippen LogP contribution in [0, 0.1) is 0 Å². The number of carbonyl (C=O) groups excluding carboxylic acids is 4. The number of carbonyl (C=O) groups is 4. The molecule has 1 amide bonds. The quantitative estimate of drug-likeness (QED) is 0.0776. The molecule has 0 aliphatic carbocycles. The van der Waals surface area contributed by atoms with Crippen molar-refractivity contribution in [3.05, 3.63) is 59.3 Å². The van der Waals surface area contributed by atoms with Crippen molar-refractivity contribution in [2.75, 3.05) is 20.3 Å². The van der Waals surface area contributed by atoms with Crippen LogP contribution in [0.4, 0.5) is 9.59 Å². The topological polar surface area (TPSA) is 159 Å². The van der Waals surface area contributed by atoms with E-state index in [1.807, 2.05) is 12.1 Å². The highest BCUT2D eigenvalue weighted by Crippen LogP contribution is 2.39. The third-order valence-electron chi connectivity index (χ3n) is 6.34. The predicted molar refractivity (Wildman–Crippen MR) is 167 cm³/mol. The molecular formula is C33H40N4O8. The van der Waals surface area contributed by atoms with Crippen LogP contribution in [-0.4, -0.2) is 70.5 Å². The molecule has 2 aromatic carbocycles. The van der Waals surface area contributed by atoms with Gasteiger partial charge in [0.25, 0.3) is 5.78 Å². The van der Waals surface area contributed by atoms with Gasteiger partial charge in [0.2, 0.25) is 0 Å². The molecule has 45 heavy (non-hydrogen) atoms. The molecule has 1 N–H and O–H groups in total. The molecule has 1 heterocycles. The lowest BCUT2D eigenvalue weighted by Crippen LogP contribution is -2.33. The summed E-state index contributed by atoms with van der Waals surface area (Å²) in [6.07, 6.45) is 0.584. The monoisotopic (exact) mass is 620 g/mol. The number of esters is 1. The summed E-state index contributed by atoms with van der Waals surface area (Å²) in [6.45, 7) is 12.5. The Morgan fingerprint density at radius 3 is 2.16 bits per heavy atom. The first-order valence-corrected chi connectivity index (χ1v) is 14.5. The Hall–Kier alpha value is -4.96. The molecule has 0 aliphatic rings. The molecule has 3 aromatic rings. The second-order valence-corrected chi connectivity index (χ2v) is 12.2. The average Bonchev–Trinajstić information content (AvgIpc) is 3.30. The molecule has 0 fully saturated rings. The number of methoxy groups -OCH3 is 1. The largest absolute Gasteiger partial charge is 0.496 e. The van der Waals surface area contributed by atoms with Crippen LogP contribution >= 0.6 is 0 Å². The van der Waals surface area contributed by atoms with Gasteiger partial charge < -0.3 is 29.8 Å². The van der Waals surface area contributed by atoms with E-state index in [-0.39, 0.29) is 19.6 Å². The van der Waals surface area contributed by atoms with Crippen molar-refractivity contribution in [3.8, 4) is 16.9 Å². The first kappa shape index (κ1) is 34.5. The lowest BCUT2D eigenvalue weighted by Gasteiger charge is -2.20. The van der Waals surface area contributed by atoms with Crippen molar-refractivity contribution in [1.29, 1.82) is 0 Å². The number of para-hydroxylation sites is 1. The van der Waals surface area contributed by atoms with Gasteiger partial charge in [0.05, 0.1) is 19.2 Å². The number of Topliss-reactive ketones (excluding diaryl/α,β-unsaturated/α-hetero) is 1. The van der Waals surface area contributed by atoms with E-state index in [4.69, 9.17) is 18.9 Å². The van der Waals surface area contributed by atoms with Gasteiger partial charge in [-0.25, -0.2) is 14.4 Å². The first-order chi connectivity index (χ1) is 21.1. The SMILES string of the molecule is CCOC(=O)C(=[N+]=[N-])C(=O)Cc1cccc(-c2cccc3c2c(CCNC(=O)OC(C)(C)C)cn3C(=O)OC(C)(C)C)c1OC. The van der Waals surface area contributed by atoms with Crippen molar-refractivity contribution in [2.45, 2.75) is 72.5 Å². The van der Waals surface area contributed by atoms with Crippen molar-refractivity contribution in [1.82, 2.24) is 9.88 Å². The molecule has 240 valence electrons. The molecule has 0 bridgehead atoms. The average molecular weight is 621 g/mol. The van der Waals surface area contributed by atoms with Crippen molar-refractivity contribution >= 4 is 40.6 Å². The van der Waals surface area contributed by atoms with E-state index in [0.717, 1.165) is 5.56 Å². The number of ether oxygens (including phenoxy) is 4. The van der Waals surface area contributed by atoms with Crippen LogP contribution in [-0.2, 0) is 36.6 Å². The molecule has 0 atom stereocenters. The van der Waals surface area contributed by atoms with E-state index in [9.17, 15) is 24.7 Å². The maximum Gasteiger partial charge on any atom is 0.441 e. The summed E-state index contributed by atoms with van der Waals surface area (Å²) in [7, 11) is 1.46. The smallest absolute Gasteiger partial charge is 0.441 e. The van der Waals surface area contributed by atoms with Gasteiger partial charge in [-0.3, -0.25) is 9.36 Å². The van der Waals surface area contributed by atoms with Crippen LogP contribution in [0.3, 0.4) is 0 Å². The van der Waals surface area contributed by atoms with Crippen LogP contribution in [0.5, 0.6) is 5.75 Å². The Bertz CT molecular complexity index is 1650.